The molecule has 0 aromatic heterocycles. The maximum absolute atomic E-state index is 12.8. The van der Waals surface area contributed by atoms with E-state index in [0.717, 1.165) is 5.56 Å². The Bertz CT molecular complexity index is 860. The first-order valence-electron chi connectivity index (χ1n) is 12.0. The van der Waals surface area contributed by atoms with E-state index >= 15 is 0 Å². The normalized spacial score (nSPS) is 12.8. The fourth-order valence-corrected chi connectivity index (χ4v) is 3.21. The molecule has 0 heterocycles. The van der Waals surface area contributed by atoms with Crippen LogP contribution < -0.4 is 21.3 Å². The highest BCUT2D eigenvalue weighted by Gasteiger charge is 2.27. The van der Waals surface area contributed by atoms with Crippen molar-refractivity contribution in [3.63, 3.8) is 0 Å². The summed E-state index contributed by atoms with van der Waals surface area (Å²) >= 11 is 0. The molecule has 0 saturated heterocycles. The number of rotatable bonds is 13. The average molecular weight is 506 g/mol. The predicted octanol–water partition coefficient (Wildman–Crippen LogP) is 0.635. The van der Waals surface area contributed by atoms with Gasteiger partial charge in [0.15, 0.2) is 0 Å². The Morgan fingerprint density at radius 1 is 0.972 bits per heavy atom. The number of carbonyl (C=O) groups excluding carboxylic acids is 4. The van der Waals surface area contributed by atoms with Crippen molar-refractivity contribution in [2.45, 2.75) is 78.0 Å². The number of benzene rings is 1. The summed E-state index contributed by atoms with van der Waals surface area (Å²) in [6, 6.07) is 8.12. The quantitative estimate of drug-likeness (QED) is 0.214. The summed E-state index contributed by atoms with van der Waals surface area (Å²) in [7, 11) is -1.72. The lowest BCUT2D eigenvalue weighted by molar-refractivity contribution is -0.129. The molecule has 0 aliphatic rings. The molecular formula is C24H39BN4O7. The number of carbonyl (C=O) groups is 4. The molecule has 0 aliphatic carbocycles. The van der Waals surface area contributed by atoms with E-state index < -0.39 is 55.1 Å². The Labute approximate surface area is 212 Å². The summed E-state index contributed by atoms with van der Waals surface area (Å²) in [6.07, 6.45) is -0.608. The van der Waals surface area contributed by atoms with Crippen LogP contribution in [0.2, 0.25) is 0 Å². The van der Waals surface area contributed by atoms with Crippen molar-refractivity contribution in [2.24, 2.45) is 5.92 Å². The first-order chi connectivity index (χ1) is 16.8. The molecule has 11 nitrogen and oxygen atoms in total. The van der Waals surface area contributed by atoms with Gasteiger partial charge in [-0.1, -0.05) is 44.2 Å². The molecule has 1 aromatic rings. The Morgan fingerprint density at radius 3 is 2.17 bits per heavy atom. The van der Waals surface area contributed by atoms with Crippen LogP contribution in [-0.2, 0) is 25.7 Å². The van der Waals surface area contributed by atoms with Crippen molar-refractivity contribution in [2.75, 3.05) is 6.54 Å². The van der Waals surface area contributed by atoms with Crippen LogP contribution in [0.5, 0.6) is 0 Å². The van der Waals surface area contributed by atoms with Gasteiger partial charge in [-0.05, 0) is 45.1 Å². The summed E-state index contributed by atoms with van der Waals surface area (Å²) in [5.41, 5.74) is 0.123. The zero-order valence-corrected chi connectivity index (χ0v) is 21.7. The minimum absolute atomic E-state index is 0.0411. The van der Waals surface area contributed by atoms with E-state index in [0.29, 0.717) is 6.42 Å². The topological polar surface area (TPSA) is 166 Å². The van der Waals surface area contributed by atoms with Gasteiger partial charge in [-0.2, -0.15) is 0 Å². The summed E-state index contributed by atoms with van der Waals surface area (Å²) < 4.78 is 5.09. The van der Waals surface area contributed by atoms with Gasteiger partial charge >= 0.3 is 13.2 Å². The number of hydrogen-bond acceptors (Lipinski definition) is 7. The molecule has 0 radical (unpaired) electrons. The molecular weight excluding hydrogens is 467 g/mol. The van der Waals surface area contributed by atoms with Gasteiger partial charge < -0.3 is 36.1 Å². The van der Waals surface area contributed by atoms with Gasteiger partial charge in [0.2, 0.25) is 17.7 Å². The first-order valence-corrected chi connectivity index (χ1v) is 12.0. The maximum atomic E-state index is 12.8. The van der Waals surface area contributed by atoms with Crippen molar-refractivity contribution in [3.05, 3.63) is 35.9 Å². The first kappa shape index (κ1) is 30.9. The van der Waals surface area contributed by atoms with Crippen molar-refractivity contribution < 1.29 is 34.0 Å². The second kappa shape index (κ2) is 15.1. The van der Waals surface area contributed by atoms with Gasteiger partial charge in [0.25, 0.3) is 0 Å². The molecule has 1 aromatic carbocycles. The van der Waals surface area contributed by atoms with E-state index in [2.05, 4.69) is 21.3 Å². The molecule has 12 heteroatoms. The average Bonchev–Trinajstić information content (AvgIpc) is 2.77. The monoisotopic (exact) mass is 506 g/mol. The van der Waals surface area contributed by atoms with Gasteiger partial charge in [0.1, 0.15) is 18.2 Å². The van der Waals surface area contributed by atoms with Crippen LogP contribution in [-0.4, -0.2) is 65.1 Å². The van der Waals surface area contributed by atoms with Crippen molar-refractivity contribution in [1.29, 1.82) is 0 Å². The number of hydrogen-bond donors (Lipinski definition) is 6. The lowest BCUT2D eigenvalue weighted by Gasteiger charge is -2.22. The lowest BCUT2D eigenvalue weighted by Crippen LogP contribution is -2.51. The fraction of sp³-hybridized carbons (Fsp3) is 0.583. The van der Waals surface area contributed by atoms with E-state index in [9.17, 15) is 29.2 Å². The van der Waals surface area contributed by atoms with Crippen LogP contribution in [0, 0.1) is 5.92 Å². The molecule has 36 heavy (non-hydrogen) atoms. The third-order valence-corrected chi connectivity index (χ3v) is 4.85. The van der Waals surface area contributed by atoms with E-state index in [1.54, 1.807) is 20.8 Å². The molecule has 0 aliphatic heterocycles. The molecule has 4 amide bonds. The molecule has 2 atom stereocenters. The van der Waals surface area contributed by atoms with Crippen LogP contribution in [0.3, 0.4) is 0 Å². The van der Waals surface area contributed by atoms with Gasteiger partial charge in [-0.25, -0.2) is 4.79 Å². The summed E-state index contributed by atoms with van der Waals surface area (Å²) in [6.45, 7) is 8.63. The largest absolute Gasteiger partial charge is 0.475 e. The maximum Gasteiger partial charge on any atom is 0.475 e. The molecule has 6 N–H and O–H groups in total. The molecule has 0 spiro atoms. The molecule has 1 rings (SSSR count). The van der Waals surface area contributed by atoms with Crippen LogP contribution in [0.1, 0.15) is 59.4 Å². The fourth-order valence-electron chi connectivity index (χ4n) is 3.21. The molecule has 0 saturated carbocycles. The van der Waals surface area contributed by atoms with Gasteiger partial charge in [-0.15, -0.1) is 0 Å². The van der Waals surface area contributed by atoms with E-state index in [1.165, 1.54) is 0 Å². The smallest absolute Gasteiger partial charge is 0.444 e. The minimum Gasteiger partial charge on any atom is -0.444 e. The highest BCUT2D eigenvalue weighted by atomic mass is 16.6. The third kappa shape index (κ3) is 13.7. The second-order valence-electron chi connectivity index (χ2n) is 9.93. The standard InChI is InChI=1S/C24H39BN4O7/c1-16(2)13-19(25(34)35)29-20(30)12-11-18(22(32)26-14-17-9-7-6-8-10-17)28-21(31)15-27-23(33)36-24(3,4)5/h6-10,16,18-19,34-35H,11-15H2,1-5H3,(H,26,32)(H,27,33)(H,28,31)(H,29,30)/t18-,19-/m0/s1. The summed E-state index contributed by atoms with van der Waals surface area (Å²) in [5, 5.41) is 29.2. The Balaban J connectivity index is 2.75. The number of alkyl carbamates (subject to hydrolysis) is 1. The van der Waals surface area contributed by atoms with E-state index in [1.807, 2.05) is 44.2 Å². The van der Waals surface area contributed by atoms with E-state index in [4.69, 9.17) is 4.74 Å². The molecule has 0 fully saturated rings. The molecule has 0 bridgehead atoms. The Morgan fingerprint density at radius 2 is 1.61 bits per heavy atom. The van der Waals surface area contributed by atoms with Crippen molar-refractivity contribution >= 4 is 30.9 Å². The predicted molar refractivity (Wildman–Crippen MR) is 135 cm³/mol. The highest BCUT2D eigenvalue weighted by molar-refractivity contribution is 6.43. The van der Waals surface area contributed by atoms with Gasteiger partial charge in [0.05, 0.1) is 5.94 Å². The van der Waals surface area contributed by atoms with Crippen LogP contribution >= 0.6 is 0 Å². The summed E-state index contributed by atoms with van der Waals surface area (Å²) in [5.74, 6) is -2.36. The number of nitrogens with one attached hydrogen (secondary N) is 4. The second-order valence-corrected chi connectivity index (χ2v) is 9.93. The van der Waals surface area contributed by atoms with E-state index in [-0.39, 0.29) is 25.3 Å². The molecule has 0 unspecified atom stereocenters. The van der Waals surface area contributed by atoms with Crippen LogP contribution in [0.4, 0.5) is 4.79 Å². The SMILES string of the molecule is CC(C)C[C@H](NC(=O)CC[C@H](NC(=O)CNC(=O)OC(C)(C)C)C(=O)NCc1ccccc1)B(O)O. The van der Waals surface area contributed by atoms with Crippen molar-refractivity contribution in [1.82, 2.24) is 21.3 Å². The Hall–Kier alpha value is -3.12. The zero-order chi connectivity index (χ0) is 27.3. The van der Waals surface area contributed by atoms with Crippen LogP contribution in [0.25, 0.3) is 0 Å². The van der Waals surface area contributed by atoms with Gasteiger partial charge in [-0.3, -0.25) is 14.4 Å². The summed E-state index contributed by atoms with van der Waals surface area (Å²) in [4.78, 5) is 49.5. The Kier molecular flexibility index (Phi) is 13.0. The third-order valence-electron chi connectivity index (χ3n) is 4.85. The zero-order valence-electron chi connectivity index (χ0n) is 21.7. The highest BCUT2D eigenvalue weighted by Crippen LogP contribution is 2.08. The van der Waals surface area contributed by atoms with Crippen LogP contribution in [0.15, 0.2) is 30.3 Å². The van der Waals surface area contributed by atoms with Gasteiger partial charge in [0, 0.05) is 13.0 Å². The number of ether oxygens (including phenoxy) is 1. The molecule has 200 valence electrons. The number of amides is 4. The minimum atomic E-state index is -1.72. The van der Waals surface area contributed by atoms with Crippen molar-refractivity contribution in [3.8, 4) is 0 Å². The lowest BCUT2D eigenvalue weighted by atomic mass is 9.75.